The zero-order valence-electron chi connectivity index (χ0n) is 13.6. The van der Waals surface area contributed by atoms with E-state index in [4.69, 9.17) is 0 Å². The molecule has 0 bridgehead atoms. The zero-order valence-corrected chi connectivity index (χ0v) is 13.6. The normalized spacial score (nSPS) is 17.9. The molecular formula is C18H30N2. The Morgan fingerprint density at radius 3 is 2.45 bits per heavy atom. The van der Waals surface area contributed by atoms with Gasteiger partial charge in [-0.3, -0.25) is 4.90 Å². The molecule has 0 radical (unpaired) electrons. The number of nitrogens with zero attached hydrogens (tertiary/aromatic N) is 1. The van der Waals surface area contributed by atoms with Gasteiger partial charge in [-0.15, -0.1) is 0 Å². The van der Waals surface area contributed by atoms with Gasteiger partial charge in [-0.05, 0) is 56.8 Å². The Hall–Kier alpha value is -0.860. The summed E-state index contributed by atoms with van der Waals surface area (Å²) in [5.74, 6) is 0.722. The number of nitrogens with one attached hydrogen (secondary N) is 1. The lowest BCUT2D eigenvalue weighted by Gasteiger charge is -2.31. The molecule has 1 aliphatic heterocycles. The van der Waals surface area contributed by atoms with Crippen LogP contribution in [-0.2, 0) is 6.54 Å². The van der Waals surface area contributed by atoms with Gasteiger partial charge in [-0.25, -0.2) is 0 Å². The predicted molar refractivity (Wildman–Crippen MR) is 87.1 cm³/mol. The van der Waals surface area contributed by atoms with E-state index in [9.17, 15) is 0 Å². The van der Waals surface area contributed by atoms with E-state index in [0.29, 0.717) is 6.04 Å². The van der Waals surface area contributed by atoms with Crippen molar-refractivity contribution in [3.63, 3.8) is 0 Å². The molecule has 1 saturated heterocycles. The van der Waals surface area contributed by atoms with Crippen LogP contribution >= 0.6 is 0 Å². The molecule has 1 aromatic carbocycles. The SMILES string of the molecule is Cc1ccc(CNCC(C(C)C)N2CCCC2)c(C)c1. The number of hydrogen-bond donors (Lipinski definition) is 1. The molecule has 1 N–H and O–H groups in total. The topological polar surface area (TPSA) is 15.3 Å². The number of rotatable bonds is 6. The summed E-state index contributed by atoms with van der Waals surface area (Å²) >= 11 is 0. The quantitative estimate of drug-likeness (QED) is 0.854. The largest absolute Gasteiger partial charge is 0.311 e. The second-order valence-electron chi connectivity index (χ2n) is 6.62. The van der Waals surface area contributed by atoms with Gasteiger partial charge in [-0.1, -0.05) is 37.6 Å². The number of likely N-dealkylation sites (tertiary alicyclic amines) is 1. The van der Waals surface area contributed by atoms with Crippen LogP contribution in [0.15, 0.2) is 18.2 Å². The third-order valence-electron chi connectivity index (χ3n) is 4.55. The van der Waals surface area contributed by atoms with Gasteiger partial charge < -0.3 is 5.32 Å². The van der Waals surface area contributed by atoms with Crippen molar-refractivity contribution in [1.82, 2.24) is 10.2 Å². The lowest BCUT2D eigenvalue weighted by Crippen LogP contribution is -2.44. The highest BCUT2D eigenvalue weighted by Crippen LogP contribution is 2.17. The molecule has 2 heteroatoms. The van der Waals surface area contributed by atoms with Crippen molar-refractivity contribution in [2.75, 3.05) is 19.6 Å². The third-order valence-corrected chi connectivity index (χ3v) is 4.55. The van der Waals surface area contributed by atoms with Crippen molar-refractivity contribution < 1.29 is 0 Å². The van der Waals surface area contributed by atoms with Crippen LogP contribution in [0.3, 0.4) is 0 Å². The third kappa shape index (κ3) is 4.07. The molecule has 1 aliphatic rings. The number of aryl methyl sites for hydroxylation is 2. The van der Waals surface area contributed by atoms with Crippen molar-refractivity contribution in [3.05, 3.63) is 34.9 Å². The maximum atomic E-state index is 3.68. The highest BCUT2D eigenvalue weighted by atomic mass is 15.2. The van der Waals surface area contributed by atoms with Crippen LogP contribution in [-0.4, -0.2) is 30.6 Å². The Bertz CT molecular complexity index is 419. The van der Waals surface area contributed by atoms with Gasteiger partial charge >= 0.3 is 0 Å². The fraction of sp³-hybridized carbons (Fsp3) is 0.667. The molecule has 0 aromatic heterocycles. The molecule has 112 valence electrons. The molecule has 1 heterocycles. The van der Waals surface area contributed by atoms with Gasteiger partial charge in [0.1, 0.15) is 0 Å². The second-order valence-corrected chi connectivity index (χ2v) is 6.62. The first-order valence-corrected chi connectivity index (χ1v) is 8.09. The molecule has 2 nitrogen and oxygen atoms in total. The van der Waals surface area contributed by atoms with Crippen molar-refractivity contribution in [3.8, 4) is 0 Å². The van der Waals surface area contributed by atoms with Crippen molar-refractivity contribution in [2.45, 2.75) is 53.1 Å². The highest BCUT2D eigenvalue weighted by molar-refractivity contribution is 5.30. The molecule has 20 heavy (non-hydrogen) atoms. The van der Waals surface area contributed by atoms with Crippen LogP contribution in [0.2, 0.25) is 0 Å². The molecule has 0 saturated carbocycles. The van der Waals surface area contributed by atoms with Gasteiger partial charge in [0.05, 0.1) is 0 Å². The smallest absolute Gasteiger partial charge is 0.0243 e. The van der Waals surface area contributed by atoms with E-state index < -0.39 is 0 Å². The Morgan fingerprint density at radius 1 is 1.15 bits per heavy atom. The average Bonchev–Trinajstić information content (AvgIpc) is 2.90. The van der Waals surface area contributed by atoms with Crippen LogP contribution in [0.1, 0.15) is 43.4 Å². The lowest BCUT2D eigenvalue weighted by atomic mass is 10.0. The monoisotopic (exact) mass is 274 g/mol. The summed E-state index contributed by atoms with van der Waals surface area (Å²) < 4.78 is 0. The lowest BCUT2D eigenvalue weighted by molar-refractivity contribution is 0.186. The van der Waals surface area contributed by atoms with Crippen LogP contribution in [0, 0.1) is 19.8 Å². The van der Waals surface area contributed by atoms with E-state index >= 15 is 0 Å². The Kier molecular flexibility index (Phi) is 5.62. The molecule has 1 unspecified atom stereocenters. The summed E-state index contributed by atoms with van der Waals surface area (Å²) in [4.78, 5) is 2.67. The fourth-order valence-electron chi connectivity index (χ4n) is 3.26. The second kappa shape index (κ2) is 7.24. The maximum Gasteiger partial charge on any atom is 0.0243 e. The van der Waals surface area contributed by atoms with Crippen LogP contribution in [0.25, 0.3) is 0 Å². The van der Waals surface area contributed by atoms with E-state index in [1.807, 2.05) is 0 Å². The minimum absolute atomic E-state index is 0.684. The van der Waals surface area contributed by atoms with Crippen LogP contribution < -0.4 is 5.32 Å². The van der Waals surface area contributed by atoms with Gasteiger partial charge in [0, 0.05) is 19.1 Å². The Morgan fingerprint density at radius 2 is 1.85 bits per heavy atom. The number of benzene rings is 1. The standard InChI is InChI=1S/C18H30N2/c1-14(2)18(20-9-5-6-10-20)13-19-12-17-8-7-15(3)11-16(17)4/h7-8,11,14,18-19H,5-6,9-10,12-13H2,1-4H3. The van der Waals surface area contributed by atoms with E-state index in [2.05, 4.69) is 56.1 Å². The molecule has 0 amide bonds. The van der Waals surface area contributed by atoms with Gasteiger partial charge in [-0.2, -0.15) is 0 Å². The molecule has 0 spiro atoms. The average molecular weight is 274 g/mol. The summed E-state index contributed by atoms with van der Waals surface area (Å²) in [6.45, 7) is 13.7. The Labute approximate surface area is 124 Å². The van der Waals surface area contributed by atoms with Crippen LogP contribution in [0.4, 0.5) is 0 Å². The molecule has 1 atom stereocenters. The molecule has 0 aliphatic carbocycles. The van der Waals surface area contributed by atoms with E-state index in [-0.39, 0.29) is 0 Å². The molecule has 1 fully saturated rings. The van der Waals surface area contributed by atoms with Gasteiger partial charge in [0.15, 0.2) is 0 Å². The van der Waals surface area contributed by atoms with E-state index in [0.717, 1.165) is 19.0 Å². The first-order valence-electron chi connectivity index (χ1n) is 8.09. The summed E-state index contributed by atoms with van der Waals surface area (Å²) in [6, 6.07) is 7.43. The molecule has 2 rings (SSSR count). The fourth-order valence-corrected chi connectivity index (χ4v) is 3.26. The first kappa shape index (κ1) is 15.5. The van der Waals surface area contributed by atoms with E-state index in [1.54, 1.807) is 0 Å². The van der Waals surface area contributed by atoms with Gasteiger partial charge in [0.25, 0.3) is 0 Å². The minimum Gasteiger partial charge on any atom is -0.311 e. The summed E-state index contributed by atoms with van der Waals surface area (Å²) in [6.07, 6.45) is 2.75. The summed E-state index contributed by atoms with van der Waals surface area (Å²) in [7, 11) is 0. The van der Waals surface area contributed by atoms with E-state index in [1.165, 1.54) is 42.6 Å². The van der Waals surface area contributed by atoms with Crippen molar-refractivity contribution >= 4 is 0 Å². The van der Waals surface area contributed by atoms with Gasteiger partial charge in [0.2, 0.25) is 0 Å². The predicted octanol–water partition coefficient (Wildman–Crippen LogP) is 3.51. The highest BCUT2D eigenvalue weighted by Gasteiger charge is 2.23. The molecular weight excluding hydrogens is 244 g/mol. The zero-order chi connectivity index (χ0) is 14.5. The van der Waals surface area contributed by atoms with Crippen molar-refractivity contribution in [2.24, 2.45) is 5.92 Å². The molecule has 1 aromatic rings. The van der Waals surface area contributed by atoms with Crippen molar-refractivity contribution in [1.29, 1.82) is 0 Å². The summed E-state index contributed by atoms with van der Waals surface area (Å²) in [5, 5.41) is 3.68. The first-order chi connectivity index (χ1) is 9.58. The summed E-state index contributed by atoms with van der Waals surface area (Å²) in [5.41, 5.74) is 4.18. The minimum atomic E-state index is 0.684. The Balaban J connectivity index is 1.86. The van der Waals surface area contributed by atoms with Crippen LogP contribution in [0.5, 0.6) is 0 Å². The number of hydrogen-bond acceptors (Lipinski definition) is 2. The maximum absolute atomic E-state index is 3.68.